The first-order valence-electron chi connectivity index (χ1n) is 4.88. The van der Waals surface area contributed by atoms with Crippen molar-refractivity contribution in [2.75, 3.05) is 6.61 Å². The van der Waals surface area contributed by atoms with Crippen molar-refractivity contribution in [3.05, 3.63) is 33.8 Å². The number of halogens is 1. The highest BCUT2D eigenvalue weighted by Crippen LogP contribution is 2.38. The first kappa shape index (κ1) is 9.36. The van der Waals surface area contributed by atoms with Gasteiger partial charge in [-0.05, 0) is 17.7 Å². The Labute approximate surface area is 95.5 Å². The molecule has 2 aliphatic rings. The molecule has 0 bridgehead atoms. The largest absolute Gasteiger partial charge is 0.456 e. The van der Waals surface area contributed by atoms with Gasteiger partial charge >= 0.3 is 5.97 Å². The molecule has 15 heavy (non-hydrogen) atoms. The Morgan fingerprint density at radius 3 is 3.13 bits per heavy atom. The number of esters is 1. The van der Waals surface area contributed by atoms with Crippen LogP contribution in [-0.4, -0.2) is 18.7 Å². The highest BCUT2D eigenvalue weighted by atomic mass is 79.9. The minimum absolute atomic E-state index is 0.0641. The van der Waals surface area contributed by atoms with Gasteiger partial charge in [-0.15, -0.1) is 0 Å². The summed E-state index contributed by atoms with van der Waals surface area (Å²) in [7, 11) is 0. The first-order valence-corrected chi connectivity index (χ1v) is 5.67. The smallest absolute Gasteiger partial charge is 0.338 e. The summed E-state index contributed by atoms with van der Waals surface area (Å²) in [4.78, 5) is 11.7. The SMILES string of the molecule is O=C1O[C@H]2CCO[C@H]2c2ccc(Br)cc21. The molecule has 0 unspecified atom stereocenters. The number of ether oxygens (including phenoxy) is 2. The van der Waals surface area contributed by atoms with Gasteiger partial charge in [0, 0.05) is 10.9 Å². The second-order valence-corrected chi connectivity index (χ2v) is 4.67. The lowest BCUT2D eigenvalue weighted by Crippen LogP contribution is -2.28. The number of hydrogen-bond donors (Lipinski definition) is 0. The van der Waals surface area contributed by atoms with Crippen LogP contribution in [0.1, 0.15) is 28.4 Å². The minimum Gasteiger partial charge on any atom is -0.456 e. The molecule has 2 atom stereocenters. The molecule has 1 fully saturated rings. The lowest BCUT2D eigenvalue weighted by Gasteiger charge is -2.26. The third-order valence-corrected chi connectivity index (χ3v) is 3.33. The van der Waals surface area contributed by atoms with Crippen LogP contribution in [0, 0.1) is 0 Å². The fourth-order valence-electron chi connectivity index (χ4n) is 2.13. The third kappa shape index (κ3) is 1.40. The molecule has 0 aromatic heterocycles. The predicted molar refractivity (Wildman–Crippen MR) is 56.7 cm³/mol. The van der Waals surface area contributed by atoms with Gasteiger partial charge in [-0.1, -0.05) is 22.0 Å². The van der Waals surface area contributed by atoms with Crippen LogP contribution in [0.15, 0.2) is 22.7 Å². The highest BCUT2D eigenvalue weighted by molar-refractivity contribution is 9.10. The van der Waals surface area contributed by atoms with Crippen LogP contribution < -0.4 is 0 Å². The molecule has 78 valence electrons. The maximum Gasteiger partial charge on any atom is 0.338 e. The summed E-state index contributed by atoms with van der Waals surface area (Å²) in [6, 6.07) is 5.65. The fraction of sp³-hybridized carbons (Fsp3) is 0.364. The van der Waals surface area contributed by atoms with Gasteiger partial charge in [0.25, 0.3) is 0 Å². The van der Waals surface area contributed by atoms with Crippen LogP contribution in [0.4, 0.5) is 0 Å². The zero-order chi connectivity index (χ0) is 10.4. The standard InChI is InChI=1S/C11H9BrO3/c12-6-1-2-7-8(5-6)11(13)15-9-3-4-14-10(7)9/h1-2,5,9-10H,3-4H2/t9-,10-/m0/s1. The second kappa shape index (κ2) is 3.32. The van der Waals surface area contributed by atoms with Crippen molar-refractivity contribution in [1.82, 2.24) is 0 Å². The van der Waals surface area contributed by atoms with E-state index < -0.39 is 0 Å². The molecule has 0 spiro atoms. The van der Waals surface area contributed by atoms with E-state index in [1.807, 2.05) is 12.1 Å². The quantitative estimate of drug-likeness (QED) is 0.678. The molecular weight excluding hydrogens is 260 g/mol. The van der Waals surface area contributed by atoms with E-state index in [-0.39, 0.29) is 18.2 Å². The first-order chi connectivity index (χ1) is 7.25. The van der Waals surface area contributed by atoms with Gasteiger partial charge in [0.05, 0.1) is 12.2 Å². The summed E-state index contributed by atoms with van der Waals surface area (Å²) in [5.41, 5.74) is 1.57. The third-order valence-electron chi connectivity index (χ3n) is 2.84. The molecule has 2 aliphatic heterocycles. The van der Waals surface area contributed by atoms with Gasteiger partial charge < -0.3 is 9.47 Å². The van der Waals surface area contributed by atoms with Crippen LogP contribution in [0.5, 0.6) is 0 Å². The molecule has 0 radical (unpaired) electrons. The topological polar surface area (TPSA) is 35.5 Å². The van der Waals surface area contributed by atoms with Crippen molar-refractivity contribution in [2.24, 2.45) is 0 Å². The Balaban J connectivity index is 2.14. The maximum absolute atomic E-state index is 11.7. The summed E-state index contributed by atoms with van der Waals surface area (Å²) in [5.74, 6) is -0.238. The van der Waals surface area contributed by atoms with Crippen molar-refractivity contribution < 1.29 is 14.3 Å². The van der Waals surface area contributed by atoms with E-state index in [0.717, 1.165) is 16.5 Å². The van der Waals surface area contributed by atoms with Gasteiger partial charge in [0.1, 0.15) is 12.2 Å². The molecule has 1 aromatic rings. The number of fused-ring (bicyclic) bond motifs is 3. The number of hydrogen-bond acceptors (Lipinski definition) is 3. The Morgan fingerprint density at radius 1 is 1.40 bits per heavy atom. The van der Waals surface area contributed by atoms with Gasteiger partial charge in [-0.3, -0.25) is 0 Å². The number of carbonyl (C=O) groups is 1. The molecule has 0 N–H and O–H groups in total. The van der Waals surface area contributed by atoms with E-state index in [1.54, 1.807) is 6.07 Å². The van der Waals surface area contributed by atoms with E-state index in [0.29, 0.717) is 12.2 Å². The van der Waals surface area contributed by atoms with Crippen molar-refractivity contribution in [2.45, 2.75) is 18.6 Å². The molecule has 0 amide bonds. The summed E-state index contributed by atoms with van der Waals surface area (Å²) in [6.07, 6.45) is 0.642. The lowest BCUT2D eigenvalue weighted by molar-refractivity contribution is -0.00969. The Bertz CT molecular complexity index is 430. The van der Waals surface area contributed by atoms with E-state index in [2.05, 4.69) is 15.9 Å². The Morgan fingerprint density at radius 2 is 2.27 bits per heavy atom. The molecule has 1 aromatic carbocycles. The van der Waals surface area contributed by atoms with Crippen LogP contribution >= 0.6 is 15.9 Å². The molecule has 0 aliphatic carbocycles. The van der Waals surface area contributed by atoms with Crippen LogP contribution in [-0.2, 0) is 9.47 Å². The van der Waals surface area contributed by atoms with E-state index >= 15 is 0 Å². The summed E-state index contributed by atoms with van der Waals surface area (Å²) < 4.78 is 11.8. The van der Waals surface area contributed by atoms with E-state index in [9.17, 15) is 4.79 Å². The van der Waals surface area contributed by atoms with Crippen LogP contribution in [0.25, 0.3) is 0 Å². The summed E-state index contributed by atoms with van der Waals surface area (Å²) in [5, 5.41) is 0. The van der Waals surface area contributed by atoms with Crippen LogP contribution in [0.2, 0.25) is 0 Å². The molecular formula is C11H9BrO3. The van der Waals surface area contributed by atoms with Crippen molar-refractivity contribution in [3.8, 4) is 0 Å². The Kier molecular flexibility index (Phi) is 2.07. The van der Waals surface area contributed by atoms with E-state index in [1.165, 1.54) is 0 Å². The number of benzene rings is 1. The normalized spacial score (nSPS) is 28.2. The molecule has 3 nitrogen and oxygen atoms in total. The van der Waals surface area contributed by atoms with Gasteiger partial charge in [0.2, 0.25) is 0 Å². The Hall–Kier alpha value is -0.870. The van der Waals surface area contributed by atoms with Crippen molar-refractivity contribution >= 4 is 21.9 Å². The van der Waals surface area contributed by atoms with Gasteiger partial charge in [-0.25, -0.2) is 4.79 Å². The highest BCUT2D eigenvalue weighted by Gasteiger charge is 2.39. The van der Waals surface area contributed by atoms with Gasteiger partial charge in [-0.2, -0.15) is 0 Å². The zero-order valence-corrected chi connectivity index (χ0v) is 9.49. The zero-order valence-electron chi connectivity index (χ0n) is 7.90. The molecule has 4 heteroatoms. The summed E-state index contributed by atoms with van der Waals surface area (Å²) in [6.45, 7) is 0.665. The molecule has 3 rings (SSSR count). The average Bonchev–Trinajstić information content (AvgIpc) is 2.66. The predicted octanol–water partition coefficient (Wildman–Crippen LogP) is 2.45. The average molecular weight is 269 g/mol. The molecule has 2 heterocycles. The molecule has 0 saturated carbocycles. The second-order valence-electron chi connectivity index (χ2n) is 3.76. The number of rotatable bonds is 0. The molecule has 1 saturated heterocycles. The van der Waals surface area contributed by atoms with Gasteiger partial charge in [0.15, 0.2) is 0 Å². The van der Waals surface area contributed by atoms with E-state index in [4.69, 9.17) is 9.47 Å². The van der Waals surface area contributed by atoms with Crippen molar-refractivity contribution in [3.63, 3.8) is 0 Å². The summed E-state index contributed by atoms with van der Waals surface area (Å²) >= 11 is 3.34. The minimum atomic E-state index is -0.238. The monoisotopic (exact) mass is 268 g/mol. The van der Waals surface area contributed by atoms with Crippen molar-refractivity contribution in [1.29, 1.82) is 0 Å². The maximum atomic E-state index is 11.7. The number of carbonyl (C=O) groups excluding carboxylic acids is 1. The lowest BCUT2D eigenvalue weighted by atomic mass is 9.96. The fourth-order valence-corrected chi connectivity index (χ4v) is 2.50. The van der Waals surface area contributed by atoms with Crippen LogP contribution in [0.3, 0.4) is 0 Å².